The lowest BCUT2D eigenvalue weighted by molar-refractivity contribution is -0.131. The second-order valence-corrected chi connectivity index (χ2v) is 5.73. The van der Waals surface area contributed by atoms with Crippen LogP contribution in [0.4, 0.5) is 5.69 Å². The molecule has 0 unspecified atom stereocenters. The molecule has 0 saturated carbocycles. The van der Waals surface area contributed by atoms with Crippen LogP contribution in [0.15, 0.2) is 4.52 Å². The van der Waals surface area contributed by atoms with Crippen molar-refractivity contribution in [3.8, 4) is 0 Å². The number of hydrogen-bond acceptors (Lipinski definition) is 4. The normalized spacial score (nSPS) is 23.1. The van der Waals surface area contributed by atoms with Crippen LogP contribution in [0.1, 0.15) is 45.1 Å². The van der Waals surface area contributed by atoms with Gasteiger partial charge in [-0.2, -0.15) is 0 Å². The molecule has 1 fully saturated rings. The maximum atomic E-state index is 12.5. The van der Waals surface area contributed by atoms with Gasteiger partial charge in [0.2, 0.25) is 5.91 Å². The molecule has 0 spiro atoms. The van der Waals surface area contributed by atoms with E-state index < -0.39 is 0 Å². The summed E-state index contributed by atoms with van der Waals surface area (Å²) >= 11 is 0. The van der Waals surface area contributed by atoms with E-state index >= 15 is 0 Å². The molecule has 20 heavy (non-hydrogen) atoms. The molecule has 1 N–H and O–H groups in total. The third-order valence-corrected chi connectivity index (χ3v) is 3.88. The average Bonchev–Trinajstić information content (AvgIpc) is 2.79. The second-order valence-electron chi connectivity index (χ2n) is 5.73. The minimum absolute atomic E-state index is 0.00556. The van der Waals surface area contributed by atoms with Gasteiger partial charge in [0, 0.05) is 6.61 Å². The predicted octanol–water partition coefficient (Wildman–Crippen LogP) is 2.94. The van der Waals surface area contributed by atoms with Gasteiger partial charge in [0.25, 0.3) is 0 Å². The van der Waals surface area contributed by atoms with Crippen LogP contribution in [0.25, 0.3) is 0 Å². The molecule has 1 aromatic rings. The van der Waals surface area contributed by atoms with E-state index in [1.807, 2.05) is 13.8 Å². The van der Waals surface area contributed by atoms with E-state index in [4.69, 9.17) is 9.26 Å². The molecule has 2 heterocycles. The third-order valence-electron chi connectivity index (χ3n) is 3.88. The number of ether oxygens (including phenoxy) is 1. The largest absolute Gasteiger partial charge is 0.377 e. The van der Waals surface area contributed by atoms with Gasteiger partial charge in [0.15, 0.2) is 5.76 Å². The number of nitrogens with zero attached hydrogens (tertiary/aromatic N) is 1. The molecule has 5 heteroatoms. The van der Waals surface area contributed by atoms with Gasteiger partial charge in [0.1, 0.15) is 11.4 Å². The Bertz CT molecular complexity index is 468. The quantitative estimate of drug-likeness (QED) is 0.921. The highest BCUT2D eigenvalue weighted by atomic mass is 16.5. The maximum absolute atomic E-state index is 12.5. The Hall–Kier alpha value is -1.36. The molecule has 0 aliphatic carbocycles. The molecule has 0 aromatic carbocycles. The van der Waals surface area contributed by atoms with Crippen LogP contribution < -0.4 is 5.32 Å². The number of aryl methyl sites for hydroxylation is 2. The van der Waals surface area contributed by atoms with Crippen LogP contribution in [0, 0.1) is 18.8 Å². The Morgan fingerprint density at radius 3 is 2.90 bits per heavy atom. The van der Waals surface area contributed by atoms with Gasteiger partial charge in [0.05, 0.1) is 12.0 Å². The summed E-state index contributed by atoms with van der Waals surface area (Å²) in [5.41, 5.74) is 1.53. The van der Waals surface area contributed by atoms with E-state index in [-0.39, 0.29) is 17.9 Å². The maximum Gasteiger partial charge on any atom is 0.230 e. The molecule has 1 amide bonds. The zero-order valence-electron chi connectivity index (χ0n) is 12.7. The number of anilines is 1. The van der Waals surface area contributed by atoms with Crippen LogP contribution in [0.5, 0.6) is 0 Å². The molecule has 0 bridgehead atoms. The van der Waals surface area contributed by atoms with E-state index in [2.05, 4.69) is 24.3 Å². The first-order valence-corrected chi connectivity index (χ1v) is 7.42. The Kier molecular flexibility index (Phi) is 4.81. The highest BCUT2D eigenvalue weighted by Gasteiger charge is 2.34. The van der Waals surface area contributed by atoms with Gasteiger partial charge >= 0.3 is 0 Å². The average molecular weight is 280 g/mol. The van der Waals surface area contributed by atoms with Crippen LogP contribution in [-0.4, -0.2) is 23.8 Å². The van der Waals surface area contributed by atoms with Crippen LogP contribution in [0.3, 0.4) is 0 Å². The predicted molar refractivity (Wildman–Crippen MR) is 76.5 cm³/mol. The zero-order chi connectivity index (χ0) is 14.7. The summed E-state index contributed by atoms with van der Waals surface area (Å²) in [6, 6.07) is 0. The standard InChI is InChI=1S/C15H24N2O3/c1-5-12-13(10(4)20-17-12)16-15(18)11-7-6-8-19-14(11)9(2)3/h9,11,14H,5-8H2,1-4H3,(H,16,18)/t11-,14+/m0/s1. The summed E-state index contributed by atoms with van der Waals surface area (Å²) in [5, 5.41) is 6.95. The summed E-state index contributed by atoms with van der Waals surface area (Å²) in [6.45, 7) is 8.75. The number of hydrogen-bond donors (Lipinski definition) is 1. The van der Waals surface area contributed by atoms with Gasteiger partial charge in [-0.05, 0) is 32.1 Å². The van der Waals surface area contributed by atoms with Gasteiger partial charge in [-0.15, -0.1) is 0 Å². The molecule has 0 radical (unpaired) electrons. The fourth-order valence-electron chi connectivity index (χ4n) is 2.78. The van der Waals surface area contributed by atoms with Crippen LogP contribution >= 0.6 is 0 Å². The van der Waals surface area contributed by atoms with Crippen molar-refractivity contribution in [2.45, 2.75) is 53.1 Å². The Labute approximate surface area is 120 Å². The lowest BCUT2D eigenvalue weighted by Crippen LogP contribution is -2.41. The van der Waals surface area contributed by atoms with Gasteiger partial charge in [-0.3, -0.25) is 4.79 Å². The summed E-state index contributed by atoms with van der Waals surface area (Å²) in [7, 11) is 0. The van der Waals surface area contributed by atoms with Crippen molar-refractivity contribution >= 4 is 11.6 Å². The summed E-state index contributed by atoms with van der Waals surface area (Å²) in [5.74, 6) is 0.917. The fourth-order valence-corrected chi connectivity index (χ4v) is 2.78. The minimum Gasteiger partial charge on any atom is -0.377 e. The van der Waals surface area contributed by atoms with E-state index in [9.17, 15) is 4.79 Å². The van der Waals surface area contributed by atoms with Crippen LogP contribution in [0.2, 0.25) is 0 Å². The van der Waals surface area contributed by atoms with E-state index in [1.165, 1.54) is 0 Å². The monoisotopic (exact) mass is 280 g/mol. The number of carbonyl (C=O) groups excluding carboxylic acids is 1. The Morgan fingerprint density at radius 2 is 2.25 bits per heavy atom. The summed E-state index contributed by atoms with van der Waals surface area (Å²) in [6.07, 6.45) is 2.54. The molecule has 5 nitrogen and oxygen atoms in total. The molecule has 2 atom stereocenters. The number of carbonyl (C=O) groups is 1. The topological polar surface area (TPSA) is 64.4 Å². The molecule has 1 saturated heterocycles. The number of aromatic nitrogens is 1. The smallest absolute Gasteiger partial charge is 0.230 e. The van der Waals surface area contributed by atoms with Crippen molar-refractivity contribution in [1.29, 1.82) is 0 Å². The highest BCUT2D eigenvalue weighted by molar-refractivity contribution is 5.94. The number of amides is 1. The Balaban J connectivity index is 2.12. The molecule has 112 valence electrons. The number of rotatable bonds is 4. The lowest BCUT2D eigenvalue weighted by Gasteiger charge is -2.33. The van der Waals surface area contributed by atoms with Crippen molar-refractivity contribution in [1.82, 2.24) is 5.16 Å². The molecular weight excluding hydrogens is 256 g/mol. The first kappa shape index (κ1) is 15.0. The first-order chi connectivity index (χ1) is 9.54. The molecule has 1 aliphatic heterocycles. The fraction of sp³-hybridized carbons (Fsp3) is 0.733. The molecule has 1 aromatic heterocycles. The highest BCUT2D eigenvalue weighted by Crippen LogP contribution is 2.29. The van der Waals surface area contributed by atoms with Crippen molar-refractivity contribution in [2.24, 2.45) is 11.8 Å². The Morgan fingerprint density at radius 1 is 1.50 bits per heavy atom. The van der Waals surface area contributed by atoms with Crippen molar-refractivity contribution in [3.05, 3.63) is 11.5 Å². The van der Waals surface area contributed by atoms with Crippen molar-refractivity contribution in [2.75, 3.05) is 11.9 Å². The summed E-state index contributed by atoms with van der Waals surface area (Å²) < 4.78 is 10.9. The van der Waals surface area contributed by atoms with Gasteiger partial charge < -0.3 is 14.6 Å². The lowest BCUT2D eigenvalue weighted by atomic mass is 9.86. The van der Waals surface area contributed by atoms with E-state index in [0.29, 0.717) is 11.7 Å². The second kappa shape index (κ2) is 6.39. The van der Waals surface area contributed by atoms with E-state index in [1.54, 1.807) is 0 Å². The van der Waals surface area contributed by atoms with Crippen molar-refractivity contribution in [3.63, 3.8) is 0 Å². The minimum atomic E-state index is -0.0947. The zero-order valence-corrected chi connectivity index (χ0v) is 12.7. The van der Waals surface area contributed by atoms with E-state index in [0.717, 1.165) is 37.3 Å². The molecule has 2 rings (SSSR count). The first-order valence-electron chi connectivity index (χ1n) is 7.42. The van der Waals surface area contributed by atoms with Crippen LogP contribution in [-0.2, 0) is 16.0 Å². The van der Waals surface area contributed by atoms with Crippen molar-refractivity contribution < 1.29 is 14.1 Å². The molecular formula is C15H24N2O3. The van der Waals surface area contributed by atoms with Gasteiger partial charge in [-0.1, -0.05) is 25.9 Å². The van der Waals surface area contributed by atoms with Gasteiger partial charge in [-0.25, -0.2) is 0 Å². The third kappa shape index (κ3) is 3.03. The summed E-state index contributed by atoms with van der Waals surface area (Å²) in [4.78, 5) is 12.5. The molecule has 1 aliphatic rings. The number of nitrogens with one attached hydrogen (secondary N) is 1. The SMILES string of the molecule is CCc1noc(C)c1NC(=O)[C@H]1CCCO[C@@H]1C(C)C.